The van der Waals surface area contributed by atoms with Crippen LogP contribution in [0.5, 0.6) is 11.5 Å². The van der Waals surface area contributed by atoms with Crippen LogP contribution in [0.2, 0.25) is 5.02 Å². The molecule has 3 aromatic rings. The monoisotopic (exact) mass is 414 g/mol. The molecule has 1 N–H and O–H groups in total. The number of fused-ring (bicyclic) bond motifs is 1. The van der Waals surface area contributed by atoms with E-state index in [1.807, 2.05) is 35.0 Å². The highest BCUT2D eigenvalue weighted by Crippen LogP contribution is 2.39. The second kappa shape index (κ2) is 7.24. The fourth-order valence-electron chi connectivity index (χ4n) is 3.86. The summed E-state index contributed by atoms with van der Waals surface area (Å²) in [7, 11) is 0. The molecule has 2 aliphatic rings. The second-order valence-electron chi connectivity index (χ2n) is 7.01. The Bertz CT molecular complexity index is 1060. The first-order valence-corrected chi connectivity index (χ1v) is 10.0. The average molecular weight is 415 g/mol. The zero-order valence-electron chi connectivity index (χ0n) is 15.1. The van der Waals surface area contributed by atoms with E-state index in [0.29, 0.717) is 29.3 Å². The number of nitrogens with zero attached hydrogens (tertiary/aromatic N) is 3. The lowest BCUT2D eigenvalue weighted by molar-refractivity contribution is 0.173. The minimum Gasteiger partial charge on any atom is -0.454 e. The van der Waals surface area contributed by atoms with Gasteiger partial charge in [-0.25, -0.2) is 4.68 Å². The van der Waals surface area contributed by atoms with E-state index in [9.17, 15) is 0 Å². The number of ether oxygens (including phenoxy) is 2. The Morgan fingerprint density at radius 1 is 1.14 bits per heavy atom. The number of likely N-dealkylation sites (tertiary alicyclic amines) is 1. The van der Waals surface area contributed by atoms with Gasteiger partial charge >= 0.3 is 0 Å². The molecule has 144 valence electrons. The maximum Gasteiger partial charge on any atom is 0.231 e. The van der Waals surface area contributed by atoms with Crippen LogP contribution in [-0.2, 0) is 6.67 Å². The van der Waals surface area contributed by atoms with Gasteiger partial charge in [-0.2, -0.15) is 4.98 Å². The number of hydrogen-bond donors (Lipinski definition) is 1. The van der Waals surface area contributed by atoms with Gasteiger partial charge in [-0.05, 0) is 67.0 Å². The molecule has 28 heavy (non-hydrogen) atoms. The first-order chi connectivity index (χ1) is 13.7. The Morgan fingerprint density at radius 2 is 1.96 bits per heavy atom. The number of hydrogen-bond acceptors (Lipinski definition) is 5. The molecule has 6 nitrogen and oxygen atoms in total. The molecule has 8 heteroatoms. The summed E-state index contributed by atoms with van der Waals surface area (Å²) in [6.07, 6.45) is 2.25. The molecule has 0 bridgehead atoms. The number of H-pyrrole nitrogens is 1. The van der Waals surface area contributed by atoms with Crippen LogP contribution >= 0.6 is 23.8 Å². The van der Waals surface area contributed by atoms with Crippen molar-refractivity contribution in [3.8, 4) is 22.9 Å². The Hall–Kier alpha value is -2.35. The van der Waals surface area contributed by atoms with Gasteiger partial charge in [0.05, 0.1) is 6.67 Å². The highest BCUT2D eigenvalue weighted by molar-refractivity contribution is 7.71. The minimum absolute atomic E-state index is 0.296. The predicted octanol–water partition coefficient (Wildman–Crippen LogP) is 4.78. The van der Waals surface area contributed by atoms with Gasteiger partial charge < -0.3 is 9.47 Å². The van der Waals surface area contributed by atoms with Crippen LogP contribution in [0.25, 0.3) is 11.4 Å². The Labute approximate surface area is 172 Å². The standard InChI is InChI=1S/C20H19ClN4O2S/c21-15-6-3-13(4-7-15)19-22-20(28)25(23-19)11-24-9-1-2-16(24)14-5-8-17-18(10-14)27-12-26-17/h3-8,10,16H,1-2,9,11-12H2,(H,22,23,28). The number of nitrogens with one attached hydrogen (secondary N) is 1. The highest BCUT2D eigenvalue weighted by Gasteiger charge is 2.28. The first-order valence-electron chi connectivity index (χ1n) is 9.24. The maximum absolute atomic E-state index is 5.98. The molecule has 1 fully saturated rings. The summed E-state index contributed by atoms with van der Waals surface area (Å²) < 4.78 is 13.4. The molecule has 1 saturated heterocycles. The molecule has 1 atom stereocenters. The lowest BCUT2D eigenvalue weighted by atomic mass is 10.0. The highest BCUT2D eigenvalue weighted by atomic mass is 35.5. The van der Waals surface area contributed by atoms with Gasteiger partial charge in [0.15, 0.2) is 17.3 Å². The fourth-order valence-corrected chi connectivity index (χ4v) is 4.18. The van der Waals surface area contributed by atoms with Crippen LogP contribution in [0.3, 0.4) is 0 Å². The molecule has 0 saturated carbocycles. The van der Waals surface area contributed by atoms with Crippen molar-refractivity contribution in [3.05, 3.63) is 57.8 Å². The average Bonchev–Trinajstić information content (AvgIpc) is 3.42. The van der Waals surface area contributed by atoms with Crippen LogP contribution in [0, 0.1) is 4.77 Å². The number of aromatic nitrogens is 3. The molecule has 1 unspecified atom stereocenters. The minimum atomic E-state index is 0.296. The van der Waals surface area contributed by atoms with E-state index in [4.69, 9.17) is 33.3 Å². The van der Waals surface area contributed by atoms with Crippen molar-refractivity contribution >= 4 is 23.8 Å². The van der Waals surface area contributed by atoms with Crippen LogP contribution < -0.4 is 9.47 Å². The Morgan fingerprint density at radius 3 is 2.82 bits per heavy atom. The van der Waals surface area contributed by atoms with E-state index in [0.717, 1.165) is 42.3 Å². The van der Waals surface area contributed by atoms with Crippen LogP contribution in [0.15, 0.2) is 42.5 Å². The fraction of sp³-hybridized carbons (Fsp3) is 0.300. The zero-order chi connectivity index (χ0) is 19.1. The molecule has 1 aromatic heterocycles. The van der Waals surface area contributed by atoms with Crippen molar-refractivity contribution < 1.29 is 9.47 Å². The molecule has 0 radical (unpaired) electrons. The van der Waals surface area contributed by atoms with Crippen molar-refractivity contribution in [2.75, 3.05) is 13.3 Å². The molecule has 5 rings (SSSR count). The summed E-state index contributed by atoms with van der Waals surface area (Å²) in [5, 5.41) is 4.03. The van der Waals surface area contributed by atoms with E-state index in [2.05, 4.69) is 27.1 Å². The van der Waals surface area contributed by atoms with Gasteiger partial charge in [0.25, 0.3) is 0 Å². The SMILES string of the molecule is S=c1nc(-c2ccc(Cl)cc2)[nH]n1CN1CCCC1c1ccc2c(c1)OCO2. The van der Waals surface area contributed by atoms with Gasteiger partial charge in [-0.1, -0.05) is 17.7 Å². The summed E-state index contributed by atoms with van der Waals surface area (Å²) in [6.45, 7) is 1.97. The summed E-state index contributed by atoms with van der Waals surface area (Å²) in [5.74, 6) is 2.39. The van der Waals surface area contributed by atoms with E-state index in [1.54, 1.807) is 0 Å². The second-order valence-corrected chi connectivity index (χ2v) is 7.82. The lowest BCUT2D eigenvalue weighted by Crippen LogP contribution is -2.26. The van der Waals surface area contributed by atoms with Gasteiger partial charge in [0, 0.05) is 23.2 Å². The molecule has 0 amide bonds. The Kier molecular flexibility index (Phi) is 4.58. The van der Waals surface area contributed by atoms with Gasteiger partial charge in [0.2, 0.25) is 11.6 Å². The number of halogens is 1. The first kappa shape index (κ1) is 17.7. The van der Waals surface area contributed by atoms with Gasteiger partial charge in [-0.15, -0.1) is 0 Å². The summed E-state index contributed by atoms with van der Waals surface area (Å²) in [4.78, 5) is 6.93. The van der Waals surface area contributed by atoms with Crippen molar-refractivity contribution in [2.24, 2.45) is 0 Å². The molecule has 2 aliphatic heterocycles. The van der Waals surface area contributed by atoms with E-state index >= 15 is 0 Å². The summed E-state index contributed by atoms with van der Waals surface area (Å²) >= 11 is 11.5. The molecule has 0 spiro atoms. The summed E-state index contributed by atoms with van der Waals surface area (Å²) in [5.41, 5.74) is 2.20. The van der Waals surface area contributed by atoms with Crippen LogP contribution in [0.4, 0.5) is 0 Å². The van der Waals surface area contributed by atoms with Crippen molar-refractivity contribution in [2.45, 2.75) is 25.6 Å². The van der Waals surface area contributed by atoms with Crippen LogP contribution in [0.1, 0.15) is 24.4 Å². The van der Waals surface area contributed by atoms with Crippen molar-refractivity contribution in [1.29, 1.82) is 0 Å². The van der Waals surface area contributed by atoms with E-state index < -0.39 is 0 Å². The maximum atomic E-state index is 5.98. The number of aromatic amines is 1. The van der Waals surface area contributed by atoms with Gasteiger partial charge in [-0.3, -0.25) is 10.00 Å². The van der Waals surface area contributed by atoms with Crippen LogP contribution in [-0.4, -0.2) is 33.0 Å². The quantitative estimate of drug-likeness (QED) is 0.622. The van der Waals surface area contributed by atoms with E-state index in [1.165, 1.54) is 5.56 Å². The Balaban J connectivity index is 1.38. The number of benzene rings is 2. The third-order valence-electron chi connectivity index (χ3n) is 5.27. The van der Waals surface area contributed by atoms with Crippen molar-refractivity contribution in [3.63, 3.8) is 0 Å². The zero-order valence-corrected chi connectivity index (χ0v) is 16.7. The number of rotatable bonds is 4. The molecular weight excluding hydrogens is 396 g/mol. The lowest BCUT2D eigenvalue weighted by Gasteiger charge is -2.25. The predicted molar refractivity (Wildman–Crippen MR) is 109 cm³/mol. The third-order valence-corrected chi connectivity index (χ3v) is 5.83. The topological polar surface area (TPSA) is 55.3 Å². The van der Waals surface area contributed by atoms with Crippen molar-refractivity contribution in [1.82, 2.24) is 19.7 Å². The largest absolute Gasteiger partial charge is 0.454 e. The molecule has 2 aromatic carbocycles. The smallest absolute Gasteiger partial charge is 0.231 e. The summed E-state index contributed by atoms with van der Waals surface area (Å²) in [6, 6.07) is 14.1. The molecule has 0 aliphatic carbocycles. The molecule has 3 heterocycles. The third kappa shape index (κ3) is 3.30. The van der Waals surface area contributed by atoms with E-state index in [-0.39, 0.29) is 0 Å². The van der Waals surface area contributed by atoms with Gasteiger partial charge in [0.1, 0.15) is 0 Å². The molecular formula is C20H19ClN4O2S. The normalized spacial score (nSPS) is 18.7.